The second-order valence-corrected chi connectivity index (χ2v) is 4.43. The van der Waals surface area contributed by atoms with E-state index in [1.54, 1.807) is 0 Å². The van der Waals surface area contributed by atoms with Gasteiger partial charge in [-0.2, -0.15) is 0 Å². The van der Waals surface area contributed by atoms with Gasteiger partial charge in [0.05, 0.1) is 0 Å². The summed E-state index contributed by atoms with van der Waals surface area (Å²) in [6.07, 6.45) is 11.4. The van der Waals surface area contributed by atoms with Gasteiger partial charge in [-0.3, -0.25) is 0 Å². The Labute approximate surface area is 118 Å². The molecule has 4 heteroatoms. The molecule has 0 radical (unpaired) electrons. The van der Waals surface area contributed by atoms with Crippen LogP contribution in [-0.2, 0) is 15.0 Å². The van der Waals surface area contributed by atoms with Crippen molar-refractivity contribution >= 4 is 12.2 Å². The summed E-state index contributed by atoms with van der Waals surface area (Å²) in [6.45, 7) is 4.49. The largest absolute Gasteiger partial charge is 0.231 e. The zero-order valence-electron chi connectivity index (χ0n) is 11.6. The molecule has 0 spiro atoms. The lowest BCUT2D eigenvalue weighted by atomic mass is 9.76. The number of nitrogens with one attached hydrogen (secondary N) is 2. The van der Waals surface area contributed by atoms with Crippen LogP contribution in [0.15, 0.2) is 48.6 Å². The molecule has 20 heavy (non-hydrogen) atoms. The van der Waals surface area contributed by atoms with E-state index < -0.39 is 0 Å². The van der Waals surface area contributed by atoms with Gasteiger partial charge in [-0.05, 0) is 24.5 Å². The van der Waals surface area contributed by atoms with E-state index in [1.807, 2.05) is 0 Å². The minimum atomic E-state index is 0.195. The van der Waals surface area contributed by atoms with Gasteiger partial charge < -0.3 is 0 Å². The van der Waals surface area contributed by atoms with Crippen molar-refractivity contribution in [3.8, 4) is 0 Å². The fraction of sp³-hybridized carbons (Fsp3) is 0.250. The normalized spacial score (nSPS) is 18.5. The van der Waals surface area contributed by atoms with Crippen LogP contribution in [0.25, 0.3) is 0 Å². The highest BCUT2D eigenvalue weighted by molar-refractivity contribution is 5.39. The maximum Gasteiger partial charge on any atom is 0.231 e. The molecule has 0 aromatic heterocycles. The van der Waals surface area contributed by atoms with Crippen LogP contribution in [-0.4, -0.2) is 12.2 Å². The average molecular weight is 270 g/mol. The standard InChI is InChI=1S/C14H16.2CHNO/c1-12-8-4-5-9-13(12)14(2)10-6-3-7-11-14;2*2-1-3/h3-10H,11H2,1-2H3;2*2H. The second kappa shape index (κ2) is 9.40. The third kappa shape index (κ3) is 5.40. The molecular formula is C16H18N2O2. The molecule has 1 unspecified atom stereocenters. The van der Waals surface area contributed by atoms with Crippen LogP contribution >= 0.6 is 0 Å². The fourth-order valence-corrected chi connectivity index (χ4v) is 2.14. The van der Waals surface area contributed by atoms with Gasteiger partial charge in [-0.1, -0.05) is 55.5 Å². The molecule has 104 valence electrons. The van der Waals surface area contributed by atoms with Gasteiger partial charge in [0.25, 0.3) is 0 Å². The molecule has 2 rings (SSSR count). The van der Waals surface area contributed by atoms with E-state index in [9.17, 15) is 0 Å². The van der Waals surface area contributed by atoms with E-state index in [2.05, 4.69) is 62.4 Å². The van der Waals surface area contributed by atoms with Crippen molar-refractivity contribution in [3.63, 3.8) is 0 Å². The lowest BCUT2D eigenvalue weighted by Crippen LogP contribution is -2.20. The zero-order chi connectivity index (χ0) is 15.4. The molecule has 0 bridgehead atoms. The predicted octanol–water partition coefficient (Wildman–Crippen LogP) is 3.57. The van der Waals surface area contributed by atoms with E-state index in [1.165, 1.54) is 11.1 Å². The van der Waals surface area contributed by atoms with Crippen molar-refractivity contribution in [2.75, 3.05) is 0 Å². The quantitative estimate of drug-likeness (QED) is 0.604. The lowest BCUT2D eigenvalue weighted by Gasteiger charge is -2.28. The van der Waals surface area contributed by atoms with Crippen molar-refractivity contribution in [1.82, 2.24) is 0 Å². The molecule has 1 atom stereocenters. The first-order chi connectivity index (χ1) is 9.55. The first kappa shape index (κ1) is 17.5. The first-order valence-electron chi connectivity index (χ1n) is 6.04. The van der Waals surface area contributed by atoms with Crippen LogP contribution in [0.1, 0.15) is 24.5 Å². The Morgan fingerprint density at radius 2 is 1.65 bits per heavy atom. The van der Waals surface area contributed by atoms with Crippen LogP contribution in [0.5, 0.6) is 0 Å². The summed E-state index contributed by atoms with van der Waals surface area (Å²) in [5.41, 5.74) is 3.02. The van der Waals surface area contributed by atoms with Crippen LogP contribution in [0, 0.1) is 17.7 Å². The fourth-order valence-electron chi connectivity index (χ4n) is 2.14. The highest BCUT2D eigenvalue weighted by atomic mass is 16.1. The average Bonchev–Trinajstić information content (AvgIpc) is 2.42. The highest BCUT2D eigenvalue weighted by Gasteiger charge is 2.24. The Balaban J connectivity index is 0.000000520. The number of hydrogen-bond acceptors (Lipinski definition) is 4. The number of carbonyl (C=O) groups excluding carboxylic acids is 2. The maximum atomic E-state index is 8.35. The van der Waals surface area contributed by atoms with Crippen LogP contribution in [0.4, 0.5) is 0 Å². The van der Waals surface area contributed by atoms with E-state index in [-0.39, 0.29) is 5.41 Å². The molecule has 2 N–H and O–H groups in total. The monoisotopic (exact) mass is 270 g/mol. The van der Waals surface area contributed by atoms with Gasteiger partial charge >= 0.3 is 0 Å². The summed E-state index contributed by atoms with van der Waals surface area (Å²) in [7, 11) is 0. The molecule has 1 aliphatic carbocycles. The third-order valence-corrected chi connectivity index (χ3v) is 3.01. The number of aryl methyl sites for hydroxylation is 1. The van der Waals surface area contributed by atoms with Gasteiger partial charge in [-0.25, -0.2) is 20.4 Å². The van der Waals surface area contributed by atoms with Crippen molar-refractivity contribution in [3.05, 3.63) is 59.7 Å². The van der Waals surface area contributed by atoms with E-state index in [0.717, 1.165) is 18.6 Å². The minimum Gasteiger partial charge on any atom is -0.222 e. The summed E-state index contributed by atoms with van der Waals surface area (Å²) < 4.78 is 0. The number of hydrogen-bond donors (Lipinski definition) is 2. The van der Waals surface area contributed by atoms with Gasteiger partial charge in [-0.15, -0.1) is 0 Å². The van der Waals surface area contributed by atoms with Gasteiger partial charge in [0.1, 0.15) is 0 Å². The molecule has 4 nitrogen and oxygen atoms in total. The SMILES string of the molecule is Cc1ccccc1C1(C)C=CC=CC1.N=C=O.N=C=O. The van der Waals surface area contributed by atoms with Crippen molar-refractivity contribution in [1.29, 1.82) is 10.8 Å². The van der Waals surface area contributed by atoms with E-state index in [4.69, 9.17) is 20.4 Å². The smallest absolute Gasteiger partial charge is 0.222 e. The van der Waals surface area contributed by atoms with Crippen LogP contribution < -0.4 is 0 Å². The predicted molar refractivity (Wildman–Crippen MR) is 78.3 cm³/mol. The molecule has 1 aliphatic rings. The second-order valence-electron chi connectivity index (χ2n) is 4.43. The number of rotatable bonds is 1. The third-order valence-electron chi connectivity index (χ3n) is 3.01. The van der Waals surface area contributed by atoms with Crippen molar-refractivity contribution in [2.24, 2.45) is 0 Å². The van der Waals surface area contributed by atoms with Gasteiger partial charge in [0.2, 0.25) is 12.2 Å². The molecule has 0 fully saturated rings. The summed E-state index contributed by atoms with van der Waals surface area (Å²) in [4.78, 5) is 16.7. The van der Waals surface area contributed by atoms with Crippen LogP contribution in [0.3, 0.4) is 0 Å². The summed E-state index contributed by atoms with van der Waals surface area (Å²) >= 11 is 0. The number of allylic oxidation sites excluding steroid dienone is 4. The molecule has 0 amide bonds. The molecule has 0 saturated carbocycles. The van der Waals surface area contributed by atoms with Crippen molar-refractivity contribution in [2.45, 2.75) is 25.7 Å². The van der Waals surface area contributed by atoms with Crippen molar-refractivity contribution < 1.29 is 9.59 Å². The van der Waals surface area contributed by atoms with Gasteiger partial charge in [0, 0.05) is 5.41 Å². The summed E-state index contributed by atoms with van der Waals surface area (Å²) in [5, 5.41) is 10.8. The molecule has 1 aromatic carbocycles. The Morgan fingerprint density at radius 1 is 1.10 bits per heavy atom. The van der Waals surface area contributed by atoms with Gasteiger partial charge in [0.15, 0.2) is 0 Å². The van der Waals surface area contributed by atoms with E-state index >= 15 is 0 Å². The topological polar surface area (TPSA) is 81.8 Å². The Kier molecular flexibility index (Phi) is 8.20. The molecule has 1 aromatic rings. The lowest BCUT2D eigenvalue weighted by molar-refractivity contribution is 0.562. The molecule has 0 saturated heterocycles. The highest BCUT2D eigenvalue weighted by Crippen LogP contribution is 2.33. The van der Waals surface area contributed by atoms with E-state index in [0.29, 0.717) is 0 Å². The first-order valence-corrected chi connectivity index (χ1v) is 6.04. The molecule has 0 aliphatic heterocycles. The molecule has 0 heterocycles. The maximum absolute atomic E-state index is 8.35. The zero-order valence-corrected chi connectivity index (χ0v) is 11.6. The molecular weight excluding hydrogens is 252 g/mol. The van der Waals surface area contributed by atoms with Crippen LogP contribution in [0.2, 0.25) is 0 Å². The summed E-state index contributed by atoms with van der Waals surface area (Å²) in [6, 6.07) is 8.65. The summed E-state index contributed by atoms with van der Waals surface area (Å²) in [5.74, 6) is 0. The Hall–Kier alpha value is -2.54. The number of benzene rings is 1. The number of isocyanates is 2. The minimum absolute atomic E-state index is 0.195. The Morgan fingerprint density at radius 3 is 2.10 bits per heavy atom. The Bertz CT molecular complexity index is 537.